The monoisotopic (exact) mass is 336 g/mol. The fourth-order valence-corrected chi connectivity index (χ4v) is 2.74. The molecule has 1 aromatic rings. The van der Waals surface area contributed by atoms with Gasteiger partial charge in [0, 0.05) is 21.1 Å². The van der Waals surface area contributed by atoms with Gasteiger partial charge in [-0.05, 0) is 19.1 Å². The van der Waals surface area contributed by atoms with Gasteiger partial charge in [-0.3, -0.25) is 9.05 Å². The summed E-state index contributed by atoms with van der Waals surface area (Å²) in [6.07, 6.45) is 0. The molecule has 0 aromatic heterocycles. The van der Waals surface area contributed by atoms with Crippen molar-refractivity contribution in [2.24, 2.45) is 5.10 Å². The van der Waals surface area contributed by atoms with Crippen LogP contribution in [0.15, 0.2) is 34.3 Å². The molecule has 1 rings (SSSR count). The first-order valence-electron chi connectivity index (χ1n) is 5.76. The fourth-order valence-electron chi connectivity index (χ4n) is 1.23. The number of hydrogen-bond donors (Lipinski definition) is 1. The topological polar surface area (TPSA) is 103 Å². The number of hydrazone groups is 1. The summed E-state index contributed by atoms with van der Waals surface area (Å²) in [5, 5.41) is 3.50. The van der Waals surface area contributed by atoms with Gasteiger partial charge >= 0.3 is 7.82 Å². The Bertz CT molecular complexity index is 648. The van der Waals surface area contributed by atoms with E-state index in [1.165, 1.54) is 19.1 Å². The Hall–Kier alpha value is -1.41. The summed E-state index contributed by atoms with van der Waals surface area (Å²) in [5.41, 5.74) is 0.929. The number of benzene rings is 1. The molecule has 21 heavy (non-hydrogen) atoms. The quantitative estimate of drug-likeness (QED) is 0.369. The third-order valence-electron chi connectivity index (χ3n) is 2.35. The Kier molecular flexibility index (Phi) is 5.91. The molecule has 0 saturated carbocycles. The van der Waals surface area contributed by atoms with Crippen LogP contribution in [-0.4, -0.2) is 28.5 Å². The van der Waals surface area contributed by atoms with E-state index in [0.29, 0.717) is 0 Å². The van der Waals surface area contributed by atoms with Crippen LogP contribution in [0.1, 0.15) is 12.5 Å². The third kappa shape index (κ3) is 5.13. The van der Waals surface area contributed by atoms with Gasteiger partial charge in [0.15, 0.2) is 0 Å². The van der Waals surface area contributed by atoms with E-state index in [4.69, 9.17) is 4.52 Å². The lowest BCUT2D eigenvalue weighted by Crippen LogP contribution is -2.20. The summed E-state index contributed by atoms with van der Waals surface area (Å²) in [4.78, 5) is 2.02. The number of phosphoric ester groups is 1. The van der Waals surface area contributed by atoms with Crippen molar-refractivity contribution < 1.29 is 26.6 Å². The molecule has 0 amide bonds. The first kappa shape index (κ1) is 17.6. The zero-order valence-electron chi connectivity index (χ0n) is 12.1. The van der Waals surface area contributed by atoms with E-state index in [1.54, 1.807) is 12.1 Å². The summed E-state index contributed by atoms with van der Waals surface area (Å²) in [7, 11) is -5.33. The second-order valence-electron chi connectivity index (χ2n) is 3.94. The molecule has 0 aliphatic rings. The van der Waals surface area contributed by atoms with Crippen molar-refractivity contribution in [3.63, 3.8) is 0 Å². The lowest BCUT2D eigenvalue weighted by atomic mass is 10.2. The average molecular weight is 336 g/mol. The Morgan fingerprint density at radius 2 is 1.71 bits per heavy atom. The SMILES string of the molecule is COP(=O)(OC)OC(C)=NNS(=O)(=O)c1ccc(C)cc1. The first-order valence-corrected chi connectivity index (χ1v) is 8.70. The molecule has 1 aromatic carbocycles. The van der Waals surface area contributed by atoms with Gasteiger partial charge in [0.25, 0.3) is 10.0 Å². The number of sulfonamides is 1. The molecule has 0 fully saturated rings. The highest BCUT2D eigenvalue weighted by molar-refractivity contribution is 7.89. The van der Waals surface area contributed by atoms with Crippen LogP contribution >= 0.6 is 7.82 Å². The molecule has 0 spiro atoms. The van der Waals surface area contributed by atoms with Crippen molar-refractivity contribution in [1.29, 1.82) is 0 Å². The summed E-state index contributed by atoms with van der Waals surface area (Å²) in [6, 6.07) is 6.20. The van der Waals surface area contributed by atoms with Crippen molar-refractivity contribution in [1.82, 2.24) is 4.83 Å². The van der Waals surface area contributed by atoms with Gasteiger partial charge in [0.2, 0.25) is 5.90 Å². The molecular weight excluding hydrogens is 319 g/mol. The maximum Gasteiger partial charge on any atom is 0.530 e. The maximum absolute atomic E-state index is 11.9. The molecule has 118 valence electrons. The van der Waals surface area contributed by atoms with Crippen LogP contribution in [0.25, 0.3) is 0 Å². The van der Waals surface area contributed by atoms with Crippen LogP contribution in [0, 0.1) is 6.92 Å². The van der Waals surface area contributed by atoms with Crippen molar-refractivity contribution in [3.8, 4) is 0 Å². The molecule has 1 N–H and O–H groups in total. The zero-order chi connectivity index (χ0) is 16.1. The Balaban J connectivity index is 2.83. The minimum Gasteiger partial charge on any atom is -0.388 e. The summed E-state index contributed by atoms with van der Waals surface area (Å²) in [6.45, 7) is 3.15. The number of nitrogens with zero attached hydrogens (tertiary/aromatic N) is 1. The molecule has 0 heterocycles. The summed E-state index contributed by atoms with van der Waals surface area (Å²) >= 11 is 0. The van der Waals surface area contributed by atoms with Crippen molar-refractivity contribution in [3.05, 3.63) is 29.8 Å². The predicted molar refractivity (Wildman–Crippen MR) is 77.3 cm³/mol. The minimum atomic E-state index is -3.83. The van der Waals surface area contributed by atoms with Gasteiger partial charge in [-0.1, -0.05) is 17.7 Å². The Labute approximate surface area is 123 Å². The third-order valence-corrected chi connectivity index (χ3v) is 4.95. The van der Waals surface area contributed by atoms with Gasteiger partial charge in [-0.25, -0.2) is 4.57 Å². The van der Waals surface area contributed by atoms with Crippen LogP contribution in [-0.2, 0) is 28.2 Å². The molecule has 0 saturated heterocycles. The average Bonchev–Trinajstić information content (AvgIpc) is 2.45. The molecule has 8 nitrogen and oxygen atoms in total. The fraction of sp³-hybridized carbons (Fsp3) is 0.364. The summed E-state index contributed by atoms with van der Waals surface area (Å²) < 4.78 is 49.5. The van der Waals surface area contributed by atoms with Crippen LogP contribution in [0.2, 0.25) is 0 Å². The highest BCUT2D eigenvalue weighted by atomic mass is 32.2. The highest BCUT2D eigenvalue weighted by Crippen LogP contribution is 2.47. The van der Waals surface area contributed by atoms with E-state index in [9.17, 15) is 13.0 Å². The zero-order valence-corrected chi connectivity index (χ0v) is 13.8. The number of rotatable bonds is 6. The predicted octanol–water partition coefficient (Wildman–Crippen LogP) is 2.02. The molecule has 10 heteroatoms. The Morgan fingerprint density at radius 3 is 2.19 bits per heavy atom. The summed E-state index contributed by atoms with van der Waals surface area (Å²) in [5.74, 6) is -0.210. The standard InChI is InChI=1S/C11H17N2O6PS/c1-9-5-7-11(8-6-9)21(15,16)13-12-10(2)19-20(14,17-3)18-4/h5-8,13H,1-4H3. The van der Waals surface area contributed by atoms with Gasteiger partial charge in [0.05, 0.1) is 4.90 Å². The second kappa shape index (κ2) is 7.04. The van der Waals surface area contributed by atoms with Crippen molar-refractivity contribution >= 4 is 23.7 Å². The van der Waals surface area contributed by atoms with Crippen LogP contribution < -0.4 is 4.83 Å². The normalized spacial score (nSPS) is 13.0. The first-order chi connectivity index (χ1) is 9.72. The van der Waals surface area contributed by atoms with E-state index < -0.39 is 17.8 Å². The maximum atomic E-state index is 11.9. The van der Waals surface area contributed by atoms with Gasteiger partial charge in [-0.15, -0.1) is 5.10 Å². The Morgan fingerprint density at radius 1 is 1.19 bits per heavy atom. The van der Waals surface area contributed by atoms with Crippen molar-refractivity contribution in [2.45, 2.75) is 18.7 Å². The van der Waals surface area contributed by atoms with Crippen LogP contribution in [0.5, 0.6) is 0 Å². The molecule has 0 unspecified atom stereocenters. The van der Waals surface area contributed by atoms with E-state index >= 15 is 0 Å². The lowest BCUT2D eigenvalue weighted by Gasteiger charge is -2.13. The minimum absolute atomic E-state index is 0.0475. The largest absolute Gasteiger partial charge is 0.530 e. The van der Waals surface area contributed by atoms with E-state index in [2.05, 4.69) is 14.1 Å². The van der Waals surface area contributed by atoms with E-state index in [-0.39, 0.29) is 10.8 Å². The van der Waals surface area contributed by atoms with Crippen LogP contribution in [0.4, 0.5) is 0 Å². The van der Waals surface area contributed by atoms with Gasteiger partial charge < -0.3 is 4.52 Å². The molecule has 0 atom stereocenters. The molecular formula is C11H17N2O6PS. The van der Waals surface area contributed by atoms with Gasteiger partial charge in [-0.2, -0.15) is 13.2 Å². The number of nitrogens with one attached hydrogen (secondary N) is 1. The van der Waals surface area contributed by atoms with Crippen LogP contribution in [0.3, 0.4) is 0 Å². The smallest absolute Gasteiger partial charge is 0.388 e. The molecule has 0 aliphatic heterocycles. The number of hydrogen-bond acceptors (Lipinski definition) is 7. The number of aryl methyl sites for hydroxylation is 1. The van der Waals surface area contributed by atoms with E-state index in [1.807, 2.05) is 11.8 Å². The van der Waals surface area contributed by atoms with Crippen molar-refractivity contribution in [2.75, 3.05) is 14.2 Å². The molecule has 0 radical (unpaired) electrons. The van der Waals surface area contributed by atoms with Gasteiger partial charge in [0.1, 0.15) is 0 Å². The lowest BCUT2D eigenvalue weighted by molar-refractivity contribution is 0.206. The molecule has 0 bridgehead atoms. The van der Waals surface area contributed by atoms with E-state index in [0.717, 1.165) is 19.8 Å². The molecule has 0 aliphatic carbocycles. The number of phosphoric acid groups is 1. The second-order valence-corrected chi connectivity index (χ2v) is 7.41. The highest BCUT2D eigenvalue weighted by Gasteiger charge is 2.25.